The Kier molecular flexibility index (Phi) is 4.90. The van der Waals surface area contributed by atoms with E-state index >= 15 is 0 Å². The number of rotatable bonds is 4. The van der Waals surface area contributed by atoms with Gasteiger partial charge in [0, 0.05) is 12.6 Å². The van der Waals surface area contributed by atoms with E-state index in [4.69, 9.17) is 5.73 Å². The first-order chi connectivity index (χ1) is 10.1. The van der Waals surface area contributed by atoms with E-state index in [2.05, 4.69) is 5.32 Å². The number of nitro groups is 1. The van der Waals surface area contributed by atoms with Gasteiger partial charge in [-0.3, -0.25) is 14.9 Å². The standard InChI is InChI=1S/C15H21N3O3/c16-11-15(9-5-1-2-6-10-15)14(19)17-12-7-3-4-8-13(12)18(20)21/h3-4,7-8H,1-2,5-6,9-11,16H2,(H,17,19). The second-order valence-corrected chi connectivity index (χ2v) is 5.63. The third-order valence-corrected chi connectivity index (χ3v) is 4.28. The van der Waals surface area contributed by atoms with E-state index < -0.39 is 10.3 Å². The summed E-state index contributed by atoms with van der Waals surface area (Å²) in [6.07, 6.45) is 5.66. The third kappa shape index (κ3) is 3.39. The summed E-state index contributed by atoms with van der Waals surface area (Å²) in [6.45, 7) is 0.277. The highest BCUT2D eigenvalue weighted by Gasteiger charge is 2.37. The minimum Gasteiger partial charge on any atom is -0.329 e. The zero-order chi connectivity index (χ0) is 15.3. The summed E-state index contributed by atoms with van der Waals surface area (Å²) in [5, 5.41) is 13.7. The van der Waals surface area contributed by atoms with E-state index in [1.165, 1.54) is 6.07 Å². The summed E-state index contributed by atoms with van der Waals surface area (Å²) in [4.78, 5) is 23.2. The smallest absolute Gasteiger partial charge is 0.292 e. The van der Waals surface area contributed by atoms with E-state index in [9.17, 15) is 14.9 Å². The maximum Gasteiger partial charge on any atom is 0.292 e. The van der Waals surface area contributed by atoms with Crippen LogP contribution in [-0.2, 0) is 4.79 Å². The van der Waals surface area contributed by atoms with Crippen molar-refractivity contribution in [3.8, 4) is 0 Å². The third-order valence-electron chi connectivity index (χ3n) is 4.28. The van der Waals surface area contributed by atoms with Gasteiger partial charge in [-0.05, 0) is 18.9 Å². The van der Waals surface area contributed by atoms with E-state index in [-0.39, 0.29) is 23.8 Å². The first-order valence-corrected chi connectivity index (χ1v) is 7.34. The van der Waals surface area contributed by atoms with E-state index in [1.54, 1.807) is 18.2 Å². The predicted octanol–water partition coefficient (Wildman–Crippen LogP) is 2.83. The van der Waals surface area contributed by atoms with Crippen LogP contribution in [0.5, 0.6) is 0 Å². The molecule has 0 heterocycles. The zero-order valence-corrected chi connectivity index (χ0v) is 12.0. The van der Waals surface area contributed by atoms with Crippen LogP contribution in [0.25, 0.3) is 0 Å². The van der Waals surface area contributed by atoms with Gasteiger partial charge < -0.3 is 11.1 Å². The number of nitrogens with two attached hydrogens (primary N) is 1. The largest absolute Gasteiger partial charge is 0.329 e. The molecular weight excluding hydrogens is 270 g/mol. The van der Waals surface area contributed by atoms with Gasteiger partial charge in [-0.15, -0.1) is 0 Å². The van der Waals surface area contributed by atoms with Gasteiger partial charge >= 0.3 is 0 Å². The Morgan fingerprint density at radius 1 is 1.24 bits per heavy atom. The van der Waals surface area contributed by atoms with E-state index in [0.29, 0.717) is 0 Å². The Labute approximate surface area is 123 Å². The van der Waals surface area contributed by atoms with Crippen molar-refractivity contribution in [2.24, 2.45) is 11.1 Å². The maximum absolute atomic E-state index is 12.6. The second kappa shape index (κ2) is 6.67. The number of benzene rings is 1. The van der Waals surface area contributed by atoms with Crippen molar-refractivity contribution < 1.29 is 9.72 Å². The normalized spacial score (nSPS) is 17.8. The molecule has 114 valence electrons. The number of carbonyl (C=O) groups excluding carboxylic acids is 1. The number of amides is 1. The lowest BCUT2D eigenvalue weighted by Crippen LogP contribution is -2.42. The van der Waals surface area contributed by atoms with E-state index in [0.717, 1.165) is 38.5 Å². The Hall–Kier alpha value is -1.95. The molecular formula is C15H21N3O3. The molecule has 6 nitrogen and oxygen atoms in total. The monoisotopic (exact) mass is 291 g/mol. The number of para-hydroxylation sites is 2. The molecule has 1 fully saturated rings. The van der Waals surface area contributed by atoms with Crippen LogP contribution in [0.4, 0.5) is 11.4 Å². The topological polar surface area (TPSA) is 98.3 Å². The molecule has 3 N–H and O–H groups in total. The van der Waals surface area contributed by atoms with Crippen LogP contribution >= 0.6 is 0 Å². The first kappa shape index (κ1) is 15.4. The summed E-state index contributed by atoms with van der Waals surface area (Å²) in [7, 11) is 0. The fourth-order valence-electron chi connectivity index (χ4n) is 2.92. The molecule has 0 radical (unpaired) electrons. The van der Waals surface area contributed by atoms with Gasteiger partial charge in [0.2, 0.25) is 5.91 Å². The average molecular weight is 291 g/mol. The van der Waals surface area contributed by atoms with Crippen LogP contribution in [0.15, 0.2) is 24.3 Å². The van der Waals surface area contributed by atoms with Crippen molar-refractivity contribution in [1.29, 1.82) is 0 Å². The molecule has 0 spiro atoms. The highest BCUT2D eigenvalue weighted by Crippen LogP contribution is 2.36. The van der Waals surface area contributed by atoms with Gasteiger partial charge in [0.05, 0.1) is 10.3 Å². The fraction of sp³-hybridized carbons (Fsp3) is 0.533. The molecule has 0 aliphatic heterocycles. The Balaban J connectivity index is 2.21. The molecule has 0 bridgehead atoms. The average Bonchev–Trinajstić information content (AvgIpc) is 2.74. The SMILES string of the molecule is NCC1(C(=O)Nc2ccccc2[N+](=O)[O-])CCCCCC1. The number of nitro benzene ring substituents is 1. The number of hydrogen-bond donors (Lipinski definition) is 2. The van der Waals surface area contributed by atoms with Crippen LogP contribution in [0, 0.1) is 15.5 Å². The van der Waals surface area contributed by atoms with Gasteiger partial charge in [-0.2, -0.15) is 0 Å². The highest BCUT2D eigenvalue weighted by atomic mass is 16.6. The zero-order valence-electron chi connectivity index (χ0n) is 12.0. The van der Waals surface area contributed by atoms with Gasteiger partial charge in [-0.1, -0.05) is 37.8 Å². The summed E-state index contributed by atoms with van der Waals surface area (Å²) >= 11 is 0. The number of nitrogens with one attached hydrogen (secondary N) is 1. The fourth-order valence-corrected chi connectivity index (χ4v) is 2.92. The van der Waals surface area contributed by atoms with Crippen LogP contribution < -0.4 is 11.1 Å². The van der Waals surface area contributed by atoms with Gasteiger partial charge in [0.25, 0.3) is 5.69 Å². The molecule has 1 aliphatic rings. The van der Waals surface area contributed by atoms with Crippen molar-refractivity contribution in [3.63, 3.8) is 0 Å². The molecule has 0 atom stereocenters. The molecule has 1 aromatic rings. The number of anilines is 1. The molecule has 1 amide bonds. The summed E-state index contributed by atoms with van der Waals surface area (Å²) < 4.78 is 0. The van der Waals surface area contributed by atoms with E-state index in [1.807, 2.05) is 0 Å². The minimum atomic E-state index is -0.597. The molecule has 0 unspecified atom stereocenters. The molecule has 1 saturated carbocycles. The van der Waals surface area contributed by atoms with Crippen LogP contribution in [0.3, 0.4) is 0 Å². The maximum atomic E-state index is 12.6. The van der Waals surface area contributed by atoms with Crippen molar-refractivity contribution in [3.05, 3.63) is 34.4 Å². The molecule has 2 rings (SSSR count). The number of nitrogens with zero attached hydrogens (tertiary/aromatic N) is 1. The highest BCUT2D eigenvalue weighted by molar-refractivity contribution is 5.97. The summed E-state index contributed by atoms with van der Waals surface area (Å²) in [5.74, 6) is -0.193. The van der Waals surface area contributed by atoms with Crippen molar-refractivity contribution >= 4 is 17.3 Å². The summed E-state index contributed by atoms with van der Waals surface area (Å²) in [6, 6.07) is 6.19. The molecule has 0 saturated heterocycles. The summed E-state index contributed by atoms with van der Waals surface area (Å²) in [5.41, 5.74) is 5.42. The minimum absolute atomic E-state index is 0.0911. The number of hydrogen-bond acceptors (Lipinski definition) is 4. The van der Waals surface area contributed by atoms with Gasteiger partial charge in [0.1, 0.15) is 5.69 Å². The van der Waals surface area contributed by atoms with Gasteiger partial charge in [-0.25, -0.2) is 0 Å². The second-order valence-electron chi connectivity index (χ2n) is 5.63. The lowest BCUT2D eigenvalue weighted by molar-refractivity contribution is -0.383. The van der Waals surface area contributed by atoms with Crippen LogP contribution in [-0.4, -0.2) is 17.4 Å². The molecule has 21 heavy (non-hydrogen) atoms. The van der Waals surface area contributed by atoms with Crippen LogP contribution in [0.1, 0.15) is 38.5 Å². The first-order valence-electron chi connectivity index (χ1n) is 7.34. The van der Waals surface area contributed by atoms with Crippen LogP contribution in [0.2, 0.25) is 0 Å². The molecule has 1 aliphatic carbocycles. The Bertz CT molecular complexity index is 523. The van der Waals surface area contributed by atoms with Crippen molar-refractivity contribution in [2.75, 3.05) is 11.9 Å². The Morgan fingerprint density at radius 3 is 2.43 bits per heavy atom. The van der Waals surface area contributed by atoms with Crippen molar-refractivity contribution in [2.45, 2.75) is 38.5 Å². The predicted molar refractivity (Wildman–Crippen MR) is 80.9 cm³/mol. The van der Waals surface area contributed by atoms with Crippen molar-refractivity contribution in [1.82, 2.24) is 0 Å². The number of carbonyl (C=O) groups is 1. The van der Waals surface area contributed by atoms with Gasteiger partial charge in [0.15, 0.2) is 0 Å². The lowest BCUT2D eigenvalue weighted by atomic mass is 9.79. The molecule has 6 heteroatoms. The lowest BCUT2D eigenvalue weighted by Gasteiger charge is -2.29. The Morgan fingerprint density at radius 2 is 1.86 bits per heavy atom. The molecule has 1 aromatic carbocycles. The quantitative estimate of drug-likeness (QED) is 0.506. The molecule has 0 aromatic heterocycles.